The molecule has 2 heterocycles. The molecule has 0 aliphatic carbocycles. The molecule has 0 spiro atoms. The highest BCUT2D eigenvalue weighted by Gasteiger charge is 2.23. The zero-order chi connectivity index (χ0) is 29.9. The van der Waals surface area contributed by atoms with E-state index in [0.29, 0.717) is 0 Å². The zero-order valence-corrected chi connectivity index (χ0v) is 26.3. The Kier molecular flexibility index (Phi) is 4.96. The lowest BCUT2D eigenvalue weighted by atomic mass is 9.82. The summed E-state index contributed by atoms with van der Waals surface area (Å²) >= 11 is 3.83. The van der Waals surface area contributed by atoms with Crippen LogP contribution in [0.2, 0.25) is 0 Å². The van der Waals surface area contributed by atoms with Crippen LogP contribution in [0.15, 0.2) is 146 Å². The molecule has 212 valence electrons. The molecular weight excluding hydrogens is 593 g/mol. The van der Waals surface area contributed by atoms with Crippen LogP contribution < -0.4 is 0 Å². The van der Waals surface area contributed by atoms with Crippen LogP contribution in [0.1, 0.15) is 0 Å². The molecule has 0 saturated carbocycles. The molecule has 0 N–H and O–H groups in total. The van der Waals surface area contributed by atoms with Gasteiger partial charge in [0.25, 0.3) is 0 Å². The summed E-state index contributed by atoms with van der Waals surface area (Å²) in [6.45, 7) is 0. The highest BCUT2D eigenvalue weighted by Crippen LogP contribution is 2.52. The molecule has 9 aromatic carbocycles. The summed E-state index contributed by atoms with van der Waals surface area (Å²) in [7, 11) is 0. The highest BCUT2D eigenvalue weighted by atomic mass is 32.1. The molecule has 0 aliphatic heterocycles. The van der Waals surface area contributed by atoms with E-state index in [4.69, 9.17) is 0 Å². The minimum Gasteiger partial charge on any atom is -0.135 e. The van der Waals surface area contributed by atoms with Gasteiger partial charge in [0, 0.05) is 45.9 Å². The van der Waals surface area contributed by atoms with Gasteiger partial charge in [-0.3, -0.25) is 0 Å². The minimum atomic E-state index is 1.28. The molecule has 0 unspecified atom stereocenters. The van der Waals surface area contributed by atoms with Crippen molar-refractivity contribution in [3.05, 3.63) is 146 Å². The predicted octanol–water partition coefficient (Wildman–Crippen LogP) is 13.8. The second-order valence-corrected chi connectivity index (χ2v) is 14.5. The molecule has 2 heteroatoms. The quantitative estimate of drug-likeness (QED) is 0.134. The molecule has 0 radical (unpaired) electrons. The minimum absolute atomic E-state index is 1.28. The van der Waals surface area contributed by atoms with Crippen molar-refractivity contribution in [3.8, 4) is 22.3 Å². The molecular formula is C44H24S2. The van der Waals surface area contributed by atoms with Gasteiger partial charge in [0.1, 0.15) is 0 Å². The van der Waals surface area contributed by atoms with Gasteiger partial charge in [-0.05, 0) is 90.1 Å². The standard InChI is InChI=1S/C44H24S2/c1-2-13-27-25(11-1)23-35-28-14-7-8-20-36(28)46-44(35)43(27)41-31-17-5-3-15-29(31)40(30-16-4-6-18-32(30)41)34-24-26-12-9-21-37-39(26)42-33(34)19-10-22-38(42)45-37/h1-24H. The van der Waals surface area contributed by atoms with Gasteiger partial charge in [0.2, 0.25) is 0 Å². The van der Waals surface area contributed by atoms with E-state index in [-0.39, 0.29) is 0 Å². The third kappa shape index (κ3) is 3.22. The van der Waals surface area contributed by atoms with Crippen molar-refractivity contribution >= 4 is 106 Å². The van der Waals surface area contributed by atoms with Gasteiger partial charge in [0.15, 0.2) is 0 Å². The molecule has 2 aromatic heterocycles. The highest BCUT2D eigenvalue weighted by molar-refractivity contribution is 7.26. The van der Waals surface area contributed by atoms with E-state index < -0.39 is 0 Å². The van der Waals surface area contributed by atoms with Crippen LogP contribution in [0.5, 0.6) is 0 Å². The predicted molar refractivity (Wildman–Crippen MR) is 204 cm³/mol. The lowest BCUT2D eigenvalue weighted by Crippen LogP contribution is -1.93. The van der Waals surface area contributed by atoms with Gasteiger partial charge in [-0.25, -0.2) is 0 Å². The van der Waals surface area contributed by atoms with Crippen LogP contribution >= 0.6 is 22.7 Å². The van der Waals surface area contributed by atoms with Crippen LogP contribution in [-0.2, 0) is 0 Å². The number of fused-ring (bicyclic) bond motifs is 6. The smallest absolute Gasteiger partial charge is 0.0440 e. The lowest BCUT2D eigenvalue weighted by Gasteiger charge is -2.20. The first-order valence-electron chi connectivity index (χ1n) is 15.8. The first kappa shape index (κ1) is 25.0. The Labute approximate surface area is 272 Å². The lowest BCUT2D eigenvalue weighted by molar-refractivity contribution is 1.72. The largest absolute Gasteiger partial charge is 0.135 e. The van der Waals surface area contributed by atoms with Crippen molar-refractivity contribution in [2.45, 2.75) is 0 Å². The Morgan fingerprint density at radius 1 is 0.304 bits per heavy atom. The molecule has 0 bridgehead atoms. The SMILES string of the molecule is c1ccc2c(-c3c4ccccc4c(-c4cc5cccc6sc7cccc4c7c56)c4ccccc34)c3sc4ccccc4c3cc2c1. The van der Waals surface area contributed by atoms with Crippen molar-refractivity contribution in [3.63, 3.8) is 0 Å². The van der Waals surface area contributed by atoms with Crippen molar-refractivity contribution in [1.82, 2.24) is 0 Å². The Hall–Kier alpha value is -5.28. The van der Waals surface area contributed by atoms with Crippen molar-refractivity contribution in [1.29, 1.82) is 0 Å². The summed E-state index contributed by atoms with van der Waals surface area (Å²) in [6.07, 6.45) is 0. The van der Waals surface area contributed by atoms with Crippen molar-refractivity contribution < 1.29 is 0 Å². The van der Waals surface area contributed by atoms with Gasteiger partial charge in [-0.15, -0.1) is 22.7 Å². The van der Waals surface area contributed by atoms with Crippen LogP contribution in [0.25, 0.3) is 106 Å². The van der Waals surface area contributed by atoms with Crippen LogP contribution in [0, 0.1) is 0 Å². The van der Waals surface area contributed by atoms with Crippen LogP contribution in [0.4, 0.5) is 0 Å². The summed E-state index contributed by atoms with van der Waals surface area (Å²) in [5, 5.41) is 15.9. The van der Waals surface area contributed by atoms with E-state index in [1.165, 1.54) is 106 Å². The number of rotatable bonds is 2. The molecule has 11 rings (SSSR count). The topological polar surface area (TPSA) is 0 Å². The van der Waals surface area contributed by atoms with E-state index >= 15 is 0 Å². The van der Waals surface area contributed by atoms with Gasteiger partial charge >= 0.3 is 0 Å². The molecule has 0 amide bonds. The van der Waals surface area contributed by atoms with Crippen molar-refractivity contribution in [2.75, 3.05) is 0 Å². The van der Waals surface area contributed by atoms with Gasteiger partial charge in [-0.1, -0.05) is 115 Å². The van der Waals surface area contributed by atoms with Gasteiger partial charge in [0.05, 0.1) is 0 Å². The molecule has 46 heavy (non-hydrogen) atoms. The normalized spacial score (nSPS) is 12.3. The van der Waals surface area contributed by atoms with Crippen molar-refractivity contribution in [2.24, 2.45) is 0 Å². The molecule has 0 nitrogen and oxygen atoms in total. The number of hydrogen-bond donors (Lipinski definition) is 0. The van der Waals surface area contributed by atoms with Gasteiger partial charge < -0.3 is 0 Å². The van der Waals surface area contributed by atoms with E-state index in [0.717, 1.165) is 0 Å². The molecule has 0 atom stereocenters. The van der Waals surface area contributed by atoms with E-state index in [1.54, 1.807) is 0 Å². The Morgan fingerprint density at radius 2 is 0.848 bits per heavy atom. The van der Waals surface area contributed by atoms with Crippen LogP contribution in [0.3, 0.4) is 0 Å². The Morgan fingerprint density at radius 3 is 1.61 bits per heavy atom. The maximum absolute atomic E-state index is 2.45. The fourth-order valence-corrected chi connectivity index (χ4v) is 10.6. The maximum atomic E-state index is 2.45. The second kappa shape index (κ2) is 9.14. The van der Waals surface area contributed by atoms with E-state index in [9.17, 15) is 0 Å². The molecule has 0 aliphatic rings. The fourth-order valence-electron chi connectivity index (χ4n) is 8.14. The number of benzene rings is 9. The van der Waals surface area contributed by atoms with Gasteiger partial charge in [-0.2, -0.15) is 0 Å². The molecule has 11 aromatic rings. The average molecular weight is 617 g/mol. The summed E-state index contributed by atoms with van der Waals surface area (Å²) in [6, 6.07) is 54.5. The average Bonchev–Trinajstić information content (AvgIpc) is 3.68. The summed E-state index contributed by atoms with van der Waals surface area (Å²) < 4.78 is 5.42. The first-order chi connectivity index (χ1) is 22.8. The first-order valence-corrected chi connectivity index (χ1v) is 17.4. The number of thiophene rings is 2. The van der Waals surface area contributed by atoms with Crippen LogP contribution in [-0.4, -0.2) is 0 Å². The monoisotopic (exact) mass is 616 g/mol. The summed E-state index contributed by atoms with van der Waals surface area (Å²) in [5.41, 5.74) is 5.31. The van der Waals surface area contributed by atoms with E-state index in [2.05, 4.69) is 146 Å². The summed E-state index contributed by atoms with van der Waals surface area (Å²) in [5.74, 6) is 0. The second-order valence-electron chi connectivity index (χ2n) is 12.3. The zero-order valence-electron chi connectivity index (χ0n) is 24.7. The number of hydrogen-bond acceptors (Lipinski definition) is 2. The Bertz CT molecular complexity index is 2970. The fraction of sp³-hybridized carbons (Fsp3) is 0. The third-order valence-electron chi connectivity index (χ3n) is 9.99. The summed E-state index contributed by atoms with van der Waals surface area (Å²) in [4.78, 5) is 0. The van der Waals surface area contributed by atoms with E-state index in [1.807, 2.05) is 22.7 Å². The third-order valence-corrected chi connectivity index (χ3v) is 12.3. The molecule has 0 fully saturated rings. The Balaban J connectivity index is 1.37. The maximum Gasteiger partial charge on any atom is 0.0440 e. The molecule has 0 saturated heterocycles.